The molecule has 9 heteroatoms. The molecule has 1 N–H and O–H groups in total. The molecule has 2 aromatic carbocycles. The van der Waals surface area contributed by atoms with Crippen molar-refractivity contribution in [3.63, 3.8) is 0 Å². The van der Waals surface area contributed by atoms with Crippen LogP contribution in [-0.2, 0) is 6.54 Å². The summed E-state index contributed by atoms with van der Waals surface area (Å²) in [6.07, 6.45) is 0. The number of phenolic OH excluding ortho intramolecular Hbond substituents is 1. The lowest BCUT2D eigenvalue weighted by molar-refractivity contribution is -0.384. The molecular formula is C19H19N5O4. The van der Waals surface area contributed by atoms with Crippen LogP contribution in [0.4, 0.5) is 11.4 Å². The Bertz CT molecular complexity index is 947. The van der Waals surface area contributed by atoms with Gasteiger partial charge < -0.3 is 14.4 Å². The molecule has 3 aromatic rings. The van der Waals surface area contributed by atoms with E-state index in [1.165, 1.54) is 12.1 Å². The number of nitro groups is 1. The van der Waals surface area contributed by atoms with Gasteiger partial charge in [-0.3, -0.25) is 15.0 Å². The van der Waals surface area contributed by atoms with E-state index in [1.54, 1.807) is 24.3 Å². The zero-order valence-corrected chi connectivity index (χ0v) is 15.1. The maximum atomic E-state index is 10.7. The van der Waals surface area contributed by atoms with Gasteiger partial charge in [0.05, 0.1) is 11.5 Å². The lowest BCUT2D eigenvalue weighted by atomic mass is 10.2. The molecule has 0 unspecified atom stereocenters. The van der Waals surface area contributed by atoms with Gasteiger partial charge in [0.15, 0.2) is 0 Å². The zero-order valence-electron chi connectivity index (χ0n) is 15.1. The number of hydrogen-bond donors (Lipinski definition) is 1. The number of anilines is 1. The van der Waals surface area contributed by atoms with Crippen LogP contribution in [0.15, 0.2) is 52.9 Å². The Morgan fingerprint density at radius 3 is 2.32 bits per heavy atom. The Labute approximate surface area is 161 Å². The number of nitrogens with zero attached hydrogens (tertiary/aromatic N) is 5. The Morgan fingerprint density at radius 1 is 1.00 bits per heavy atom. The molecule has 1 aromatic heterocycles. The summed E-state index contributed by atoms with van der Waals surface area (Å²) < 4.78 is 5.72. The van der Waals surface area contributed by atoms with Crippen molar-refractivity contribution in [2.24, 2.45) is 0 Å². The van der Waals surface area contributed by atoms with Crippen molar-refractivity contribution in [1.29, 1.82) is 0 Å². The molecule has 144 valence electrons. The van der Waals surface area contributed by atoms with E-state index < -0.39 is 4.92 Å². The van der Waals surface area contributed by atoms with Crippen LogP contribution in [0, 0.1) is 10.1 Å². The van der Waals surface area contributed by atoms with E-state index in [1.807, 2.05) is 12.1 Å². The fraction of sp³-hybridized carbons (Fsp3) is 0.263. The average molecular weight is 381 g/mol. The van der Waals surface area contributed by atoms with Gasteiger partial charge in [0.1, 0.15) is 5.75 Å². The SMILES string of the molecule is O=[N+]([O-])c1ccc(-c2nnc(CN3CCN(c4ccc(O)cc4)CC3)o2)cc1. The molecule has 0 atom stereocenters. The number of benzene rings is 2. The summed E-state index contributed by atoms with van der Waals surface area (Å²) in [5.74, 6) is 1.14. The Morgan fingerprint density at radius 2 is 1.68 bits per heavy atom. The van der Waals surface area contributed by atoms with Crippen molar-refractivity contribution >= 4 is 11.4 Å². The second-order valence-electron chi connectivity index (χ2n) is 6.58. The molecular weight excluding hydrogens is 362 g/mol. The molecule has 0 saturated carbocycles. The monoisotopic (exact) mass is 381 g/mol. The van der Waals surface area contributed by atoms with E-state index in [2.05, 4.69) is 20.0 Å². The van der Waals surface area contributed by atoms with Gasteiger partial charge in [-0.2, -0.15) is 0 Å². The van der Waals surface area contributed by atoms with E-state index in [0.717, 1.165) is 31.9 Å². The largest absolute Gasteiger partial charge is 0.508 e. The lowest BCUT2D eigenvalue weighted by Crippen LogP contribution is -2.46. The van der Waals surface area contributed by atoms with Crippen LogP contribution in [0.1, 0.15) is 5.89 Å². The van der Waals surface area contributed by atoms with Crippen LogP contribution >= 0.6 is 0 Å². The van der Waals surface area contributed by atoms with Crippen molar-refractivity contribution in [3.8, 4) is 17.2 Å². The Kier molecular flexibility index (Phi) is 4.90. The van der Waals surface area contributed by atoms with E-state index in [-0.39, 0.29) is 11.4 Å². The second-order valence-corrected chi connectivity index (χ2v) is 6.58. The van der Waals surface area contributed by atoms with Crippen molar-refractivity contribution in [2.45, 2.75) is 6.54 Å². The first kappa shape index (κ1) is 17.9. The predicted octanol–water partition coefficient (Wildman–Crippen LogP) is 2.67. The number of piperazine rings is 1. The highest BCUT2D eigenvalue weighted by Gasteiger charge is 2.20. The molecule has 0 spiro atoms. The van der Waals surface area contributed by atoms with Crippen LogP contribution in [0.3, 0.4) is 0 Å². The van der Waals surface area contributed by atoms with Gasteiger partial charge in [-0.25, -0.2) is 0 Å². The van der Waals surface area contributed by atoms with Crippen molar-refractivity contribution in [2.75, 3.05) is 31.1 Å². The fourth-order valence-electron chi connectivity index (χ4n) is 3.18. The minimum Gasteiger partial charge on any atom is -0.508 e. The van der Waals surface area contributed by atoms with E-state index in [9.17, 15) is 15.2 Å². The molecule has 1 fully saturated rings. The third-order valence-electron chi connectivity index (χ3n) is 4.74. The number of nitro benzene ring substituents is 1. The van der Waals surface area contributed by atoms with Crippen LogP contribution in [0.5, 0.6) is 5.75 Å². The minimum atomic E-state index is -0.444. The summed E-state index contributed by atoms with van der Waals surface area (Å²) in [7, 11) is 0. The predicted molar refractivity (Wildman–Crippen MR) is 102 cm³/mol. The van der Waals surface area contributed by atoms with Gasteiger partial charge in [-0.15, -0.1) is 10.2 Å². The van der Waals surface area contributed by atoms with Crippen LogP contribution in [-0.4, -0.2) is 51.3 Å². The first-order chi connectivity index (χ1) is 13.6. The highest BCUT2D eigenvalue weighted by atomic mass is 16.6. The minimum absolute atomic E-state index is 0.0231. The third kappa shape index (κ3) is 3.94. The lowest BCUT2D eigenvalue weighted by Gasteiger charge is -2.35. The van der Waals surface area contributed by atoms with Gasteiger partial charge in [0.25, 0.3) is 5.69 Å². The second kappa shape index (κ2) is 7.65. The highest BCUT2D eigenvalue weighted by Crippen LogP contribution is 2.23. The molecule has 9 nitrogen and oxygen atoms in total. The Hall–Kier alpha value is -3.46. The number of aromatic hydroxyl groups is 1. The summed E-state index contributed by atoms with van der Waals surface area (Å²) >= 11 is 0. The molecule has 1 saturated heterocycles. The smallest absolute Gasteiger partial charge is 0.269 e. The molecule has 28 heavy (non-hydrogen) atoms. The standard InChI is InChI=1S/C19H19N5O4/c25-17-7-5-15(6-8-17)23-11-9-22(10-12-23)13-18-20-21-19(28-18)14-1-3-16(4-2-14)24(26)27/h1-8,25H,9-13H2. The summed E-state index contributed by atoms with van der Waals surface area (Å²) in [6, 6.07) is 13.3. The summed E-state index contributed by atoms with van der Waals surface area (Å²) in [6.45, 7) is 4.01. The van der Waals surface area contributed by atoms with Crippen molar-refractivity contribution in [1.82, 2.24) is 15.1 Å². The summed E-state index contributed by atoms with van der Waals surface area (Å²) in [5.41, 5.74) is 1.77. The van der Waals surface area contributed by atoms with Crippen LogP contribution in [0.2, 0.25) is 0 Å². The third-order valence-corrected chi connectivity index (χ3v) is 4.74. The molecule has 0 radical (unpaired) electrons. The normalized spacial score (nSPS) is 14.9. The molecule has 4 rings (SSSR count). The highest BCUT2D eigenvalue weighted by molar-refractivity contribution is 5.55. The van der Waals surface area contributed by atoms with Crippen molar-refractivity contribution in [3.05, 3.63) is 64.5 Å². The molecule has 0 aliphatic carbocycles. The van der Waals surface area contributed by atoms with E-state index >= 15 is 0 Å². The number of rotatable bonds is 5. The van der Waals surface area contributed by atoms with Gasteiger partial charge in [0.2, 0.25) is 11.8 Å². The molecule has 0 amide bonds. The number of hydrogen-bond acceptors (Lipinski definition) is 8. The molecule has 1 aliphatic rings. The first-order valence-corrected chi connectivity index (χ1v) is 8.92. The molecule has 2 heterocycles. The number of non-ortho nitro benzene ring substituents is 1. The molecule has 0 bridgehead atoms. The Balaban J connectivity index is 1.34. The van der Waals surface area contributed by atoms with Gasteiger partial charge in [-0.1, -0.05) is 0 Å². The van der Waals surface area contributed by atoms with Gasteiger partial charge in [-0.05, 0) is 36.4 Å². The fourth-order valence-corrected chi connectivity index (χ4v) is 3.18. The number of aromatic nitrogens is 2. The summed E-state index contributed by atoms with van der Waals surface area (Å²) in [5, 5.41) is 28.3. The van der Waals surface area contributed by atoms with E-state index in [4.69, 9.17) is 4.42 Å². The van der Waals surface area contributed by atoms with Crippen LogP contribution in [0.25, 0.3) is 11.5 Å². The summed E-state index contributed by atoms with van der Waals surface area (Å²) in [4.78, 5) is 14.8. The van der Waals surface area contributed by atoms with Gasteiger partial charge >= 0.3 is 0 Å². The van der Waals surface area contributed by atoms with Crippen molar-refractivity contribution < 1.29 is 14.4 Å². The van der Waals surface area contributed by atoms with E-state index in [0.29, 0.717) is 23.9 Å². The van der Waals surface area contributed by atoms with Crippen LogP contribution < -0.4 is 4.90 Å². The quantitative estimate of drug-likeness (QED) is 0.531. The average Bonchev–Trinajstić information content (AvgIpc) is 3.18. The molecule has 1 aliphatic heterocycles. The maximum Gasteiger partial charge on any atom is 0.269 e. The van der Waals surface area contributed by atoms with Gasteiger partial charge in [0, 0.05) is 49.6 Å². The zero-order chi connectivity index (χ0) is 19.5. The topological polar surface area (TPSA) is 109 Å². The first-order valence-electron chi connectivity index (χ1n) is 8.92. The maximum absolute atomic E-state index is 10.7. The number of phenols is 1.